The van der Waals surface area contributed by atoms with Crippen molar-refractivity contribution in [2.24, 2.45) is 14.1 Å². The van der Waals surface area contributed by atoms with Crippen molar-refractivity contribution >= 4 is 39.1 Å². The summed E-state index contributed by atoms with van der Waals surface area (Å²) in [4.78, 5) is 25.1. The topological polar surface area (TPSA) is 93.8 Å². The number of hydrogen-bond donors (Lipinski definition) is 2. The van der Waals surface area contributed by atoms with Crippen LogP contribution in [0.3, 0.4) is 0 Å². The molecule has 3 aromatic rings. The van der Waals surface area contributed by atoms with Crippen LogP contribution in [0.4, 0.5) is 11.4 Å². The second-order valence-electron chi connectivity index (χ2n) is 5.72. The SMILES string of the molecule is Cc1c(NC(=O)c2c(NC(=O)c3cccc(Br)c3)cnn2C)cnn1C. The smallest absolute Gasteiger partial charge is 0.276 e. The second kappa shape index (κ2) is 7.12. The molecule has 3 rings (SSSR count). The Hall–Kier alpha value is -2.94. The van der Waals surface area contributed by atoms with Crippen LogP contribution in [0.15, 0.2) is 41.1 Å². The van der Waals surface area contributed by atoms with Gasteiger partial charge in [0.15, 0.2) is 0 Å². The van der Waals surface area contributed by atoms with Gasteiger partial charge in [-0.3, -0.25) is 19.0 Å². The van der Waals surface area contributed by atoms with Crippen molar-refractivity contribution in [3.8, 4) is 0 Å². The molecule has 0 spiro atoms. The third kappa shape index (κ3) is 3.52. The number of hydrogen-bond acceptors (Lipinski definition) is 4. The largest absolute Gasteiger partial charge is 0.319 e. The van der Waals surface area contributed by atoms with Gasteiger partial charge in [0.25, 0.3) is 11.8 Å². The summed E-state index contributed by atoms with van der Waals surface area (Å²) < 4.78 is 3.87. The van der Waals surface area contributed by atoms with Gasteiger partial charge in [0.05, 0.1) is 29.5 Å². The zero-order valence-corrected chi connectivity index (χ0v) is 16.0. The van der Waals surface area contributed by atoms with Gasteiger partial charge in [-0.15, -0.1) is 0 Å². The molecule has 2 heterocycles. The van der Waals surface area contributed by atoms with Gasteiger partial charge >= 0.3 is 0 Å². The van der Waals surface area contributed by atoms with Crippen molar-refractivity contribution < 1.29 is 9.59 Å². The average molecular weight is 417 g/mol. The Morgan fingerprint density at radius 2 is 1.65 bits per heavy atom. The van der Waals surface area contributed by atoms with Gasteiger partial charge in [0, 0.05) is 24.1 Å². The highest BCUT2D eigenvalue weighted by Gasteiger charge is 2.20. The van der Waals surface area contributed by atoms with Crippen LogP contribution < -0.4 is 10.6 Å². The normalized spacial score (nSPS) is 10.6. The predicted octanol–water partition coefficient (Wildman–Crippen LogP) is 2.73. The summed E-state index contributed by atoms with van der Waals surface area (Å²) in [6.07, 6.45) is 3.02. The molecule has 26 heavy (non-hydrogen) atoms. The number of aromatic nitrogens is 4. The molecule has 2 aromatic heterocycles. The van der Waals surface area contributed by atoms with Gasteiger partial charge in [-0.25, -0.2) is 0 Å². The monoisotopic (exact) mass is 416 g/mol. The van der Waals surface area contributed by atoms with Crippen molar-refractivity contribution in [1.82, 2.24) is 19.6 Å². The van der Waals surface area contributed by atoms with E-state index in [2.05, 4.69) is 36.8 Å². The molecule has 2 amide bonds. The first-order valence-corrected chi connectivity index (χ1v) is 8.55. The molecule has 0 aliphatic carbocycles. The molecule has 2 N–H and O–H groups in total. The Bertz CT molecular complexity index is 991. The molecule has 8 nitrogen and oxygen atoms in total. The molecule has 134 valence electrons. The highest BCUT2D eigenvalue weighted by atomic mass is 79.9. The van der Waals surface area contributed by atoms with Crippen LogP contribution in [0.1, 0.15) is 26.5 Å². The van der Waals surface area contributed by atoms with Crippen LogP contribution in [0, 0.1) is 6.92 Å². The molecule has 0 unspecified atom stereocenters. The molecule has 0 aliphatic rings. The molecule has 0 radical (unpaired) electrons. The molecule has 0 fully saturated rings. The number of carbonyl (C=O) groups is 2. The number of carbonyl (C=O) groups excluding carboxylic acids is 2. The van der Waals surface area contributed by atoms with Gasteiger partial charge < -0.3 is 10.6 Å². The fraction of sp³-hybridized carbons (Fsp3) is 0.176. The van der Waals surface area contributed by atoms with Crippen LogP contribution in [0.25, 0.3) is 0 Å². The van der Waals surface area contributed by atoms with Gasteiger partial charge in [-0.1, -0.05) is 22.0 Å². The zero-order valence-electron chi connectivity index (χ0n) is 14.4. The average Bonchev–Trinajstić information content (AvgIpc) is 3.11. The lowest BCUT2D eigenvalue weighted by atomic mass is 10.2. The molecule has 0 aliphatic heterocycles. The number of nitrogens with one attached hydrogen (secondary N) is 2. The van der Waals surface area contributed by atoms with Gasteiger partial charge in [-0.2, -0.15) is 10.2 Å². The lowest BCUT2D eigenvalue weighted by Gasteiger charge is -2.09. The van der Waals surface area contributed by atoms with Crippen LogP contribution in [0.2, 0.25) is 0 Å². The van der Waals surface area contributed by atoms with E-state index in [0.717, 1.165) is 10.2 Å². The number of amides is 2. The number of aryl methyl sites for hydroxylation is 2. The van der Waals surface area contributed by atoms with Crippen molar-refractivity contribution in [1.29, 1.82) is 0 Å². The molecular formula is C17H17BrN6O2. The summed E-state index contributed by atoms with van der Waals surface area (Å²) in [6, 6.07) is 6.98. The lowest BCUT2D eigenvalue weighted by molar-refractivity contribution is 0.101. The van der Waals surface area contributed by atoms with Crippen molar-refractivity contribution in [2.45, 2.75) is 6.92 Å². The van der Waals surface area contributed by atoms with E-state index in [1.165, 1.54) is 10.9 Å². The van der Waals surface area contributed by atoms with Crippen LogP contribution >= 0.6 is 15.9 Å². The van der Waals surface area contributed by atoms with Gasteiger partial charge in [0.2, 0.25) is 0 Å². The van der Waals surface area contributed by atoms with E-state index in [9.17, 15) is 9.59 Å². The summed E-state index contributed by atoms with van der Waals surface area (Å²) in [7, 11) is 3.43. The lowest BCUT2D eigenvalue weighted by Crippen LogP contribution is -2.20. The second-order valence-corrected chi connectivity index (χ2v) is 6.63. The minimum Gasteiger partial charge on any atom is -0.319 e. The summed E-state index contributed by atoms with van der Waals surface area (Å²) in [6.45, 7) is 1.85. The molecule has 9 heteroatoms. The molecule has 0 bridgehead atoms. The molecule has 0 saturated heterocycles. The number of benzene rings is 1. The highest BCUT2D eigenvalue weighted by Crippen LogP contribution is 2.20. The Labute approximate surface area is 158 Å². The summed E-state index contributed by atoms with van der Waals surface area (Å²) in [5, 5.41) is 13.7. The van der Waals surface area contributed by atoms with Crippen LogP contribution in [0.5, 0.6) is 0 Å². The summed E-state index contributed by atoms with van der Waals surface area (Å²) in [5.74, 6) is -0.712. The van der Waals surface area contributed by atoms with E-state index in [1.54, 1.807) is 43.2 Å². The highest BCUT2D eigenvalue weighted by molar-refractivity contribution is 9.10. The van der Waals surface area contributed by atoms with Crippen molar-refractivity contribution in [2.75, 3.05) is 10.6 Å². The quantitative estimate of drug-likeness (QED) is 0.683. The van der Waals surface area contributed by atoms with E-state index < -0.39 is 0 Å². The maximum Gasteiger partial charge on any atom is 0.276 e. The Balaban J connectivity index is 1.83. The van der Waals surface area contributed by atoms with Crippen molar-refractivity contribution in [3.05, 3.63) is 58.1 Å². The van der Waals surface area contributed by atoms with Crippen LogP contribution in [-0.4, -0.2) is 31.4 Å². The minimum atomic E-state index is -0.384. The van der Waals surface area contributed by atoms with E-state index in [4.69, 9.17) is 0 Å². The van der Waals surface area contributed by atoms with Gasteiger partial charge in [-0.05, 0) is 25.1 Å². The number of nitrogens with zero attached hydrogens (tertiary/aromatic N) is 4. The molecule has 0 atom stereocenters. The minimum absolute atomic E-state index is 0.247. The summed E-state index contributed by atoms with van der Waals surface area (Å²) >= 11 is 3.34. The fourth-order valence-corrected chi connectivity index (χ4v) is 2.82. The third-order valence-corrected chi connectivity index (χ3v) is 4.47. The standard InChI is InChI=1S/C17H17BrN6O2/c1-10-13(8-19-23(10)2)21-17(26)15-14(9-20-24(15)3)22-16(25)11-5-4-6-12(18)7-11/h4-9H,1-3H3,(H,21,26)(H,22,25). The Morgan fingerprint density at radius 3 is 2.31 bits per heavy atom. The first-order chi connectivity index (χ1) is 12.4. The van der Waals surface area contributed by atoms with E-state index in [1.807, 2.05) is 13.0 Å². The van der Waals surface area contributed by atoms with E-state index in [0.29, 0.717) is 16.9 Å². The molecular weight excluding hydrogens is 400 g/mol. The maximum absolute atomic E-state index is 12.7. The first-order valence-electron chi connectivity index (χ1n) is 7.75. The number of anilines is 2. The van der Waals surface area contributed by atoms with E-state index >= 15 is 0 Å². The third-order valence-electron chi connectivity index (χ3n) is 3.97. The van der Waals surface area contributed by atoms with Crippen molar-refractivity contribution in [3.63, 3.8) is 0 Å². The molecule has 0 saturated carbocycles. The number of rotatable bonds is 4. The summed E-state index contributed by atoms with van der Waals surface area (Å²) in [5.41, 5.74) is 2.47. The zero-order chi connectivity index (χ0) is 18.8. The fourth-order valence-electron chi connectivity index (χ4n) is 2.43. The maximum atomic E-state index is 12.7. The van der Waals surface area contributed by atoms with E-state index in [-0.39, 0.29) is 17.5 Å². The Kier molecular flexibility index (Phi) is 4.90. The number of halogens is 1. The molecule has 1 aromatic carbocycles. The Morgan fingerprint density at radius 1 is 1.00 bits per heavy atom. The van der Waals surface area contributed by atoms with Crippen LogP contribution in [-0.2, 0) is 14.1 Å². The predicted molar refractivity (Wildman–Crippen MR) is 101 cm³/mol. The van der Waals surface area contributed by atoms with Gasteiger partial charge in [0.1, 0.15) is 5.69 Å². The first kappa shape index (κ1) is 17.9.